The van der Waals surface area contributed by atoms with Crippen molar-refractivity contribution in [2.45, 2.75) is 4.90 Å². The molecule has 0 saturated carbocycles. The molecule has 2 heterocycles. The third kappa shape index (κ3) is 3.67. The molecule has 5 rings (SSSR count). The topological polar surface area (TPSA) is 7.12 Å². The van der Waals surface area contributed by atoms with Crippen LogP contribution in [0.4, 0.5) is 5.69 Å². The van der Waals surface area contributed by atoms with Crippen LogP contribution in [0.3, 0.4) is 0 Å². The summed E-state index contributed by atoms with van der Waals surface area (Å²) in [6.07, 6.45) is 4.45. The Labute approximate surface area is 192 Å². The number of halogens is 1. The zero-order valence-electron chi connectivity index (χ0n) is 16.3. The van der Waals surface area contributed by atoms with E-state index < -0.39 is 0 Å². The summed E-state index contributed by atoms with van der Waals surface area (Å²) < 4.78 is 2.20. The van der Waals surface area contributed by atoms with Gasteiger partial charge >= 0.3 is 0 Å². The van der Waals surface area contributed by atoms with E-state index in [1.165, 1.54) is 43.2 Å². The van der Waals surface area contributed by atoms with Crippen molar-refractivity contribution < 1.29 is 28.5 Å². The van der Waals surface area contributed by atoms with Crippen LogP contribution in [0.15, 0.2) is 95.0 Å². The predicted molar refractivity (Wildman–Crippen MR) is 119 cm³/mol. The largest absolute Gasteiger partial charge is 1.00 e. The SMILES string of the molecule is CN1/C(=C/c2cc[n+](C)c3cc(-c4ccccc4)ccc23)Sc2ccccc21.[I-]. The number of para-hydroxylation sites is 1. The van der Waals surface area contributed by atoms with Crippen LogP contribution in [0.2, 0.25) is 0 Å². The zero-order valence-corrected chi connectivity index (χ0v) is 19.3. The molecule has 0 fully saturated rings. The summed E-state index contributed by atoms with van der Waals surface area (Å²) in [5.41, 5.74) is 6.24. The second-order valence-electron chi connectivity index (χ2n) is 7.09. The molecule has 2 nitrogen and oxygen atoms in total. The summed E-state index contributed by atoms with van der Waals surface area (Å²) in [5, 5.41) is 2.52. The first kappa shape index (κ1) is 20.0. The minimum Gasteiger partial charge on any atom is -1.00 e. The normalized spacial score (nSPS) is 14.1. The van der Waals surface area contributed by atoms with Gasteiger partial charge in [0.1, 0.15) is 7.05 Å². The van der Waals surface area contributed by atoms with Crippen molar-refractivity contribution >= 4 is 34.4 Å². The van der Waals surface area contributed by atoms with Crippen LogP contribution in [-0.2, 0) is 7.05 Å². The third-order valence-corrected chi connectivity index (χ3v) is 6.49. The Kier molecular flexibility index (Phi) is 5.65. The molecule has 0 unspecified atom stereocenters. The molecule has 0 N–H and O–H groups in total. The molecular weight excluding hydrogens is 487 g/mol. The fraction of sp³-hybridized carbons (Fsp3) is 0.0800. The molecule has 29 heavy (non-hydrogen) atoms. The second-order valence-corrected chi connectivity index (χ2v) is 8.15. The van der Waals surface area contributed by atoms with Crippen LogP contribution in [-0.4, -0.2) is 7.05 Å². The predicted octanol–water partition coefficient (Wildman–Crippen LogP) is 2.88. The molecule has 0 amide bonds. The Hall–Kier alpha value is -2.31. The number of anilines is 1. The first-order valence-corrected chi connectivity index (χ1v) is 10.2. The van der Waals surface area contributed by atoms with E-state index in [0.717, 1.165) is 0 Å². The van der Waals surface area contributed by atoms with E-state index in [1.807, 2.05) is 11.8 Å². The van der Waals surface area contributed by atoms with Crippen molar-refractivity contribution in [1.29, 1.82) is 0 Å². The molecule has 0 aliphatic carbocycles. The first-order valence-electron chi connectivity index (χ1n) is 9.41. The quantitative estimate of drug-likeness (QED) is 0.304. The molecule has 4 aromatic rings. The van der Waals surface area contributed by atoms with Crippen molar-refractivity contribution in [2.24, 2.45) is 7.05 Å². The number of hydrogen-bond donors (Lipinski definition) is 0. The maximum atomic E-state index is 2.30. The smallest absolute Gasteiger partial charge is 0.213 e. The highest BCUT2D eigenvalue weighted by molar-refractivity contribution is 8.03. The van der Waals surface area contributed by atoms with Crippen LogP contribution < -0.4 is 33.4 Å². The summed E-state index contributed by atoms with van der Waals surface area (Å²) in [6.45, 7) is 0. The summed E-state index contributed by atoms with van der Waals surface area (Å²) in [5.74, 6) is 0. The van der Waals surface area contributed by atoms with Gasteiger partial charge in [-0.05, 0) is 41.0 Å². The lowest BCUT2D eigenvalue weighted by molar-refractivity contribution is -0.644. The molecule has 0 atom stereocenters. The maximum Gasteiger partial charge on any atom is 0.213 e. The monoisotopic (exact) mass is 508 g/mol. The van der Waals surface area contributed by atoms with Crippen molar-refractivity contribution in [2.75, 3.05) is 11.9 Å². The van der Waals surface area contributed by atoms with Crippen molar-refractivity contribution in [3.8, 4) is 11.1 Å². The van der Waals surface area contributed by atoms with Gasteiger partial charge in [0.15, 0.2) is 6.20 Å². The number of thioether (sulfide) groups is 1. The summed E-state index contributed by atoms with van der Waals surface area (Å²) in [6, 6.07) is 28.1. The van der Waals surface area contributed by atoms with Gasteiger partial charge in [-0.15, -0.1) is 0 Å². The van der Waals surface area contributed by atoms with E-state index in [2.05, 4.69) is 115 Å². The number of rotatable bonds is 2. The van der Waals surface area contributed by atoms with Gasteiger partial charge in [-0.3, -0.25) is 0 Å². The van der Waals surface area contributed by atoms with E-state index in [-0.39, 0.29) is 24.0 Å². The molecule has 3 aromatic carbocycles. The van der Waals surface area contributed by atoms with Gasteiger partial charge in [0.2, 0.25) is 5.52 Å². The number of hydrogen-bond acceptors (Lipinski definition) is 2. The highest BCUT2D eigenvalue weighted by atomic mass is 127. The average Bonchev–Trinajstić information content (AvgIpc) is 3.06. The van der Waals surface area contributed by atoms with Crippen LogP contribution >= 0.6 is 11.8 Å². The highest BCUT2D eigenvalue weighted by Gasteiger charge is 2.22. The minimum absolute atomic E-state index is 0. The summed E-state index contributed by atoms with van der Waals surface area (Å²) >= 11 is 1.83. The molecule has 0 radical (unpaired) electrons. The van der Waals surface area contributed by atoms with Gasteiger partial charge in [0.05, 0.1) is 16.1 Å². The molecule has 0 saturated heterocycles. The van der Waals surface area contributed by atoms with Gasteiger partial charge in [0, 0.05) is 24.1 Å². The molecule has 0 spiro atoms. The van der Waals surface area contributed by atoms with Gasteiger partial charge in [0.25, 0.3) is 0 Å². The Balaban J connectivity index is 0.00000205. The van der Waals surface area contributed by atoms with Crippen LogP contribution in [0.1, 0.15) is 5.56 Å². The standard InChI is InChI=1S/C25H21N2S.HI/c1-26-15-14-20(17-25-27(2)22-10-6-7-11-24(22)28-25)21-13-12-19(16-23(21)26)18-8-4-3-5-9-18;/h3-17H,1-2H3;1H/q+1;/p-1. The van der Waals surface area contributed by atoms with E-state index in [9.17, 15) is 0 Å². The van der Waals surface area contributed by atoms with Gasteiger partial charge in [-0.2, -0.15) is 0 Å². The number of aromatic nitrogens is 1. The molecule has 144 valence electrons. The fourth-order valence-electron chi connectivity index (χ4n) is 3.75. The minimum atomic E-state index is 0. The first-order chi connectivity index (χ1) is 13.7. The highest BCUT2D eigenvalue weighted by Crippen LogP contribution is 2.45. The fourth-order valence-corrected chi connectivity index (χ4v) is 4.85. The van der Waals surface area contributed by atoms with Crippen LogP contribution in [0.25, 0.3) is 28.1 Å². The number of benzene rings is 3. The van der Waals surface area contributed by atoms with E-state index in [4.69, 9.17) is 0 Å². The van der Waals surface area contributed by atoms with E-state index >= 15 is 0 Å². The van der Waals surface area contributed by atoms with Gasteiger partial charge < -0.3 is 28.9 Å². The van der Waals surface area contributed by atoms with Crippen molar-refractivity contribution in [3.05, 3.63) is 95.7 Å². The van der Waals surface area contributed by atoms with Crippen LogP contribution in [0, 0.1) is 0 Å². The Morgan fingerprint density at radius 2 is 1.62 bits per heavy atom. The summed E-state index contributed by atoms with van der Waals surface area (Å²) in [4.78, 5) is 3.59. The van der Waals surface area contributed by atoms with E-state index in [0.29, 0.717) is 0 Å². The third-order valence-electron chi connectivity index (χ3n) is 5.32. The van der Waals surface area contributed by atoms with Gasteiger partial charge in [-0.25, -0.2) is 4.57 Å². The summed E-state index contributed by atoms with van der Waals surface area (Å²) in [7, 11) is 4.25. The lowest BCUT2D eigenvalue weighted by Gasteiger charge is -2.13. The van der Waals surface area contributed by atoms with Crippen molar-refractivity contribution in [3.63, 3.8) is 0 Å². The number of pyridine rings is 1. The number of aryl methyl sites for hydroxylation is 1. The Bertz CT molecular complexity index is 1220. The lowest BCUT2D eigenvalue weighted by Crippen LogP contribution is -3.00. The molecular formula is C25H21IN2S. The van der Waals surface area contributed by atoms with Crippen LogP contribution in [0.5, 0.6) is 0 Å². The van der Waals surface area contributed by atoms with Crippen molar-refractivity contribution in [1.82, 2.24) is 0 Å². The molecule has 4 heteroatoms. The number of fused-ring (bicyclic) bond motifs is 2. The Morgan fingerprint density at radius 3 is 2.41 bits per heavy atom. The molecule has 1 aromatic heterocycles. The average molecular weight is 508 g/mol. The zero-order chi connectivity index (χ0) is 19.1. The number of nitrogens with zero attached hydrogens (tertiary/aromatic N) is 2. The lowest BCUT2D eigenvalue weighted by atomic mass is 10.0. The van der Waals surface area contributed by atoms with Gasteiger partial charge in [-0.1, -0.05) is 60.3 Å². The molecule has 1 aliphatic heterocycles. The Morgan fingerprint density at radius 1 is 0.862 bits per heavy atom. The van der Waals surface area contributed by atoms with E-state index in [1.54, 1.807) is 0 Å². The second kappa shape index (κ2) is 8.20. The molecule has 0 bridgehead atoms. The molecule has 1 aliphatic rings. The maximum absolute atomic E-state index is 2.30.